The third-order valence-electron chi connectivity index (χ3n) is 2.73. The summed E-state index contributed by atoms with van der Waals surface area (Å²) in [6, 6.07) is 4.59. The van der Waals surface area contributed by atoms with Crippen molar-refractivity contribution < 1.29 is 27.6 Å². The van der Waals surface area contributed by atoms with Crippen LogP contribution in [0, 0.1) is 0 Å². The molecule has 11 heteroatoms. The lowest BCUT2D eigenvalue weighted by atomic mass is 10.4. The van der Waals surface area contributed by atoms with E-state index in [0.717, 1.165) is 16.2 Å². The fraction of sp³-hybridized carbons (Fsp3) is 0.167. The number of aromatic carboxylic acids is 1. The van der Waals surface area contributed by atoms with Crippen molar-refractivity contribution in [2.75, 3.05) is 0 Å². The molecule has 0 saturated carbocycles. The molecule has 0 fully saturated rings. The number of alkyl halides is 3. The molecular weight excluding hydrogens is 337 g/mol. The topological polar surface area (TPSA) is 94.0 Å². The number of hydrogen-bond acceptors (Lipinski definition) is 6. The van der Waals surface area contributed by atoms with Gasteiger partial charge in [-0.1, -0.05) is 5.16 Å². The van der Waals surface area contributed by atoms with Crippen LogP contribution in [0.4, 0.5) is 13.2 Å². The van der Waals surface area contributed by atoms with Crippen molar-refractivity contribution in [1.82, 2.24) is 19.9 Å². The third kappa shape index (κ3) is 3.23. The van der Waals surface area contributed by atoms with E-state index in [1.54, 1.807) is 12.1 Å². The molecule has 0 amide bonds. The minimum absolute atomic E-state index is 0.0882. The second-order valence-corrected chi connectivity index (χ2v) is 5.56. The van der Waals surface area contributed by atoms with Crippen LogP contribution in [0.3, 0.4) is 0 Å². The van der Waals surface area contributed by atoms with Crippen LogP contribution in [0.2, 0.25) is 0 Å². The average molecular weight is 344 g/mol. The Labute approximate surface area is 130 Å². The van der Waals surface area contributed by atoms with Crippen LogP contribution in [-0.2, 0) is 12.7 Å². The van der Waals surface area contributed by atoms with E-state index in [2.05, 4.69) is 19.8 Å². The fourth-order valence-corrected chi connectivity index (χ4v) is 2.67. The Morgan fingerprint density at radius 3 is 2.74 bits per heavy atom. The van der Waals surface area contributed by atoms with Gasteiger partial charge in [-0.05, 0) is 18.2 Å². The third-order valence-corrected chi connectivity index (χ3v) is 3.79. The van der Waals surface area contributed by atoms with E-state index < -0.39 is 18.0 Å². The summed E-state index contributed by atoms with van der Waals surface area (Å²) in [5.41, 5.74) is -0.0882. The second-order valence-electron chi connectivity index (χ2n) is 4.39. The average Bonchev–Trinajstić information content (AvgIpc) is 3.17. The van der Waals surface area contributed by atoms with Crippen molar-refractivity contribution in [3.8, 4) is 10.7 Å². The molecule has 1 N–H and O–H groups in total. The smallest absolute Gasteiger partial charge is 0.471 e. The zero-order valence-corrected chi connectivity index (χ0v) is 11.9. The van der Waals surface area contributed by atoms with Gasteiger partial charge in [0.25, 0.3) is 0 Å². The molecule has 3 heterocycles. The molecule has 3 rings (SSSR count). The van der Waals surface area contributed by atoms with E-state index in [1.807, 2.05) is 0 Å². The second kappa shape index (κ2) is 5.50. The monoisotopic (exact) mass is 344 g/mol. The lowest BCUT2D eigenvalue weighted by Crippen LogP contribution is -2.04. The van der Waals surface area contributed by atoms with Gasteiger partial charge in [-0.15, -0.1) is 11.3 Å². The fourth-order valence-electron chi connectivity index (χ4n) is 1.75. The molecule has 0 radical (unpaired) electrons. The maximum absolute atomic E-state index is 12.4. The van der Waals surface area contributed by atoms with Crippen molar-refractivity contribution in [3.05, 3.63) is 40.9 Å². The van der Waals surface area contributed by atoms with Gasteiger partial charge in [-0.25, -0.2) is 4.79 Å². The highest BCUT2D eigenvalue weighted by Gasteiger charge is 2.38. The van der Waals surface area contributed by atoms with E-state index >= 15 is 0 Å². The normalized spacial score (nSPS) is 11.8. The van der Waals surface area contributed by atoms with Crippen molar-refractivity contribution in [2.45, 2.75) is 12.7 Å². The first-order valence-corrected chi connectivity index (χ1v) is 6.91. The number of hydrogen-bond donors (Lipinski definition) is 1. The Morgan fingerprint density at radius 2 is 2.13 bits per heavy atom. The first-order chi connectivity index (χ1) is 10.8. The SMILES string of the molecule is O=C(O)c1ccn(Cc2ccc(-c3noc(C(F)(F)F)n3)s2)n1. The standard InChI is InChI=1S/C12H7F3N4O3S/c13-12(14,15)11-16-9(18-22-11)8-2-1-6(23-8)5-19-4-3-7(17-19)10(20)21/h1-4H,5H2,(H,20,21). The van der Waals surface area contributed by atoms with Gasteiger partial charge in [0.1, 0.15) is 0 Å². The van der Waals surface area contributed by atoms with E-state index in [4.69, 9.17) is 5.11 Å². The van der Waals surface area contributed by atoms with Crippen molar-refractivity contribution in [2.24, 2.45) is 0 Å². The van der Waals surface area contributed by atoms with Crippen molar-refractivity contribution in [1.29, 1.82) is 0 Å². The summed E-state index contributed by atoms with van der Waals surface area (Å²) in [6.45, 7) is 0.280. The number of thiophene rings is 1. The number of carboxylic acid groups (broad SMARTS) is 1. The zero-order chi connectivity index (χ0) is 16.6. The van der Waals surface area contributed by atoms with Crippen LogP contribution in [0.5, 0.6) is 0 Å². The summed E-state index contributed by atoms with van der Waals surface area (Å²) < 4.78 is 42.9. The molecule has 0 aliphatic heterocycles. The summed E-state index contributed by atoms with van der Waals surface area (Å²) in [5, 5.41) is 15.9. The number of aromatic nitrogens is 4. The van der Waals surface area contributed by atoms with Crippen molar-refractivity contribution in [3.63, 3.8) is 0 Å². The molecule has 3 aromatic rings. The lowest BCUT2D eigenvalue weighted by Gasteiger charge is -1.97. The summed E-state index contributed by atoms with van der Waals surface area (Å²) >= 11 is 1.16. The minimum Gasteiger partial charge on any atom is -0.476 e. The van der Waals surface area contributed by atoms with Crippen LogP contribution in [0.25, 0.3) is 10.7 Å². The molecule has 120 valence electrons. The maximum atomic E-state index is 12.4. The van der Waals surface area contributed by atoms with Gasteiger partial charge in [0, 0.05) is 11.1 Å². The molecule has 3 aromatic heterocycles. The predicted octanol–water partition coefficient (Wildman–Crippen LogP) is 2.76. The Kier molecular flexibility index (Phi) is 3.64. The first-order valence-electron chi connectivity index (χ1n) is 6.09. The highest BCUT2D eigenvalue weighted by atomic mass is 32.1. The van der Waals surface area contributed by atoms with E-state index in [9.17, 15) is 18.0 Å². The number of carbonyl (C=O) groups is 1. The van der Waals surface area contributed by atoms with Crippen LogP contribution in [-0.4, -0.2) is 31.0 Å². The number of halogens is 3. The molecule has 0 aromatic carbocycles. The van der Waals surface area contributed by atoms with Gasteiger partial charge in [-0.2, -0.15) is 23.3 Å². The van der Waals surface area contributed by atoms with Gasteiger partial charge in [0.2, 0.25) is 5.82 Å². The number of carboxylic acids is 1. The first kappa shape index (κ1) is 15.2. The summed E-state index contributed by atoms with van der Waals surface area (Å²) in [5.74, 6) is -2.69. The molecule has 0 atom stereocenters. The zero-order valence-electron chi connectivity index (χ0n) is 11.1. The van der Waals surface area contributed by atoms with Gasteiger partial charge >= 0.3 is 18.0 Å². The number of nitrogens with zero attached hydrogens (tertiary/aromatic N) is 4. The van der Waals surface area contributed by atoms with Crippen molar-refractivity contribution >= 4 is 17.3 Å². The van der Waals surface area contributed by atoms with Gasteiger partial charge in [0.15, 0.2) is 5.69 Å². The Hall–Kier alpha value is -2.69. The molecule has 0 saturated heterocycles. The van der Waals surface area contributed by atoms with Gasteiger partial charge < -0.3 is 9.63 Å². The molecule has 23 heavy (non-hydrogen) atoms. The van der Waals surface area contributed by atoms with Crippen LogP contribution in [0.15, 0.2) is 28.9 Å². The Balaban J connectivity index is 1.77. The number of rotatable bonds is 4. The molecule has 0 bridgehead atoms. The quantitative estimate of drug-likeness (QED) is 0.782. The van der Waals surface area contributed by atoms with Crippen LogP contribution < -0.4 is 0 Å². The summed E-state index contributed by atoms with van der Waals surface area (Å²) in [7, 11) is 0. The molecule has 0 aliphatic carbocycles. The maximum Gasteiger partial charge on any atom is 0.471 e. The van der Waals surface area contributed by atoms with Crippen LogP contribution >= 0.6 is 11.3 Å². The molecule has 7 nitrogen and oxygen atoms in total. The molecule has 0 spiro atoms. The highest BCUT2D eigenvalue weighted by molar-refractivity contribution is 7.15. The molecule has 0 unspecified atom stereocenters. The molecule has 0 aliphatic rings. The van der Waals surface area contributed by atoms with E-state index in [-0.39, 0.29) is 18.1 Å². The minimum atomic E-state index is -4.69. The van der Waals surface area contributed by atoms with E-state index in [1.165, 1.54) is 16.9 Å². The van der Waals surface area contributed by atoms with E-state index in [0.29, 0.717) is 4.88 Å². The predicted molar refractivity (Wildman–Crippen MR) is 70.9 cm³/mol. The summed E-state index contributed by atoms with van der Waals surface area (Å²) in [6.07, 6.45) is -3.19. The Morgan fingerprint density at radius 1 is 1.35 bits per heavy atom. The van der Waals surface area contributed by atoms with Gasteiger partial charge in [-0.3, -0.25) is 4.68 Å². The largest absolute Gasteiger partial charge is 0.476 e. The van der Waals surface area contributed by atoms with Gasteiger partial charge in [0.05, 0.1) is 11.4 Å². The molecular formula is C12H7F3N4O3S. The van der Waals surface area contributed by atoms with Crippen LogP contribution in [0.1, 0.15) is 21.3 Å². The Bertz CT molecular complexity index is 852. The lowest BCUT2D eigenvalue weighted by molar-refractivity contribution is -0.159. The highest BCUT2D eigenvalue weighted by Crippen LogP contribution is 2.31. The summed E-state index contributed by atoms with van der Waals surface area (Å²) in [4.78, 5) is 15.2.